The lowest BCUT2D eigenvalue weighted by molar-refractivity contribution is -0.141. The zero-order chi connectivity index (χ0) is 25.1. The Kier molecular flexibility index (Phi) is 6.53. The van der Waals surface area contributed by atoms with Gasteiger partial charge in [-0.3, -0.25) is 9.51 Å². The van der Waals surface area contributed by atoms with Gasteiger partial charge >= 0.3 is 11.9 Å². The Morgan fingerprint density at radius 2 is 1.75 bits per heavy atom. The first-order valence-electron chi connectivity index (χ1n) is 11.6. The van der Waals surface area contributed by atoms with Crippen molar-refractivity contribution in [3.8, 4) is 11.3 Å². The predicted octanol–water partition coefficient (Wildman–Crippen LogP) is 5.49. The molecule has 0 bridgehead atoms. The molecule has 1 saturated carbocycles. The molecule has 1 aliphatic carbocycles. The van der Waals surface area contributed by atoms with E-state index >= 15 is 0 Å². The summed E-state index contributed by atoms with van der Waals surface area (Å²) in [5, 5.41) is 15.0. The Balaban J connectivity index is 1.16. The number of pyridine rings is 1. The van der Waals surface area contributed by atoms with E-state index in [9.17, 15) is 18.0 Å². The molecule has 2 N–H and O–H groups in total. The maximum absolute atomic E-state index is 12.7. The molecule has 3 aromatic heterocycles. The number of rotatable bonds is 6. The fourth-order valence-electron chi connectivity index (χ4n) is 4.58. The van der Waals surface area contributed by atoms with Gasteiger partial charge in [0.15, 0.2) is 11.6 Å². The van der Waals surface area contributed by atoms with Gasteiger partial charge in [0.25, 0.3) is 0 Å². The molecule has 4 aromatic rings. The monoisotopic (exact) mass is 496 g/mol. The van der Waals surface area contributed by atoms with E-state index < -0.39 is 17.6 Å². The average molecular weight is 496 g/mol. The number of halogens is 3. The van der Waals surface area contributed by atoms with Gasteiger partial charge in [-0.1, -0.05) is 29.4 Å². The maximum Gasteiger partial charge on any atom is 0.438 e. The van der Waals surface area contributed by atoms with Crippen molar-refractivity contribution in [2.24, 2.45) is 5.92 Å². The van der Waals surface area contributed by atoms with Crippen molar-refractivity contribution >= 4 is 11.5 Å². The number of aromatic amines is 1. The first kappa shape index (κ1) is 23.7. The number of nitrogens with one attached hydrogen (secondary N) is 2. The second kappa shape index (κ2) is 9.92. The highest BCUT2D eigenvalue weighted by Gasteiger charge is 2.32. The molecule has 186 valence electrons. The number of alkyl halides is 3. The van der Waals surface area contributed by atoms with Crippen LogP contribution >= 0.6 is 0 Å². The van der Waals surface area contributed by atoms with Crippen LogP contribution in [0, 0.1) is 5.92 Å². The second-order valence-electron chi connectivity index (χ2n) is 8.94. The summed E-state index contributed by atoms with van der Waals surface area (Å²) in [6.45, 7) is 0. The third-order valence-corrected chi connectivity index (χ3v) is 6.48. The number of hydrogen-bond donors (Lipinski definition) is 2. The lowest BCUT2D eigenvalue weighted by Crippen LogP contribution is -2.16. The van der Waals surface area contributed by atoms with Gasteiger partial charge < -0.3 is 5.32 Å². The Morgan fingerprint density at radius 3 is 2.33 bits per heavy atom. The van der Waals surface area contributed by atoms with Crippen molar-refractivity contribution in [3.05, 3.63) is 82.4 Å². The molecule has 0 amide bonds. The molecule has 8 nitrogen and oxygen atoms in total. The molecule has 1 fully saturated rings. The van der Waals surface area contributed by atoms with Crippen molar-refractivity contribution in [2.75, 3.05) is 5.32 Å². The van der Waals surface area contributed by atoms with Gasteiger partial charge in [0.05, 0.1) is 17.6 Å². The standard InChI is InChI=1S/C25H23F3N6O2/c26-25(27,28)21-11-9-19(14-29-21)30-22-12-10-20(32-33-22)18-7-5-17(6-8-18)16-3-1-15(2-4-16)13-23-31-24(35)36-34-23/h5-12,14-16H,1-4,13H2,(H,30,33)(H,31,34,35)/t15-,16-. The van der Waals surface area contributed by atoms with Gasteiger partial charge in [-0.25, -0.2) is 9.78 Å². The van der Waals surface area contributed by atoms with Gasteiger partial charge in [0.1, 0.15) is 5.69 Å². The zero-order valence-corrected chi connectivity index (χ0v) is 19.1. The lowest BCUT2D eigenvalue weighted by atomic mass is 9.77. The van der Waals surface area contributed by atoms with E-state index in [4.69, 9.17) is 0 Å². The molecule has 5 rings (SSSR count). The molecule has 0 aliphatic heterocycles. The molecule has 0 spiro atoms. The van der Waals surface area contributed by atoms with E-state index in [1.807, 2.05) is 12.1 Å². The number of aromatic nitrogens is 5. The number of anilines is 2. The Bertz CT molecular complexity index is 1340. The minimum Gasteiger partial charge on any atom is -0.337 e. The van der Waals surface area contributed by atoms with Crippen LogP contribution in [0.1, 0.15) is 48.7 Å². The van der Waals surface area contributed by atoms with Crippen LogP contribution in [0.15, 0.2) is 64.0 Å². The average Bonchev–Trinajstić information content (AvgIpc) is 3.29. The maximum atomic E-state index is 12.7. The molecule has 1 aliphatic rings. The van der Waals surface area contributed by atoms with Gasteiger partial charge in [-0.15, -0.1) is 10.2 Å². The van der Waals surface area contributed by atoms with Crippen molar-refractivity contribution < 1.29 is 17.7 Å². The summed E-state index contributed by atoms with van der Waals surface area (Å²) in [6, 6.07) is 14.0. The van der Waals surface area contributed by atoms with Crippen LogP contribution in [0.25, 0.3) is 11.3 Å². The first-order valence-corrected chi connectivity index (χ1v) is 11.6. The van der Waals surface area contributed by atoms with Gasteiger partial charge in [-0.2, -0.15) is 13.2 Å². The fraction of sp³-hybridized carbons (Fsp3) is 0.320. The van der Waals surface area contributed by atoms with Crippen molar-refractivity contribution in [2.45, 2.75) is 44.2 Å². The molecular weight excluding hydrogens is 473 g/mol. The molecule has 1 aromatic carbocycles. The fourth-order valence-corrected chi connectivity index (χ4v) is 4.58. The number of benzene rings is 1. The third kappa shape index (κ3) is 5.61. The minimum absolute atomic E-state index is 0.387. The number of hydrogen-bond acceptors (Lipinski definition) is 7. The summed E-state index contributed by atoms with van der Waals surface area (Å²) in [6.07, 6.45) is 1.65. The molecular formula is C25H23F3N6O2. The zero-order valence-electron chi connectivity index (χ0n) is 19.1. The number of nitrogens with zero attached hydrogens (tertiary/aromatic N) is 4. The molecule has 0 radical (unpaired) electrons. The Morgan fingerprint density at radius 1 is 0.972 bits per heavy atom. The molecule has 36 heavy (non-hydrogen) atoms. The Hall–Kier alpha value is -4.02. The van der Waals surface area contributed by atoms with Crippen LogP contribution < -0.4 is 11.1 Å². The molecule has 0 saturated heterocycles. The molecule has 3 heterocycles. The minimum atomic E-state index is -4.48. The summed E-state index contributed by atoms with van der Waals surface area (Å²) < 4.78 is 42.5. The van der Waals surface area contributed by atoms with Crippen LogP contribution in [-0.2, 0) is 12.6 Å². The lowest BCUT2D eigenvalue weighted by Gasteiger charge is -2.28. The molecule has 0 atom stereocenters. The highest BCUT2D eigenvalue weighted by molar-refractivity contribution is 5.62. The van der Waals surface area contributed by atoms with Crippen LogP contribution in [0.5, 0.6) is 0 Å². The van der Waals surface area contributed by atoms with E-state index in [0.717, 1.165) is 49.9 Å². The van der Waals surface area contributed by atoms with E-state index in [1.165, 1.54) is 11.6 Å². The van der Waals surface area contributed by atoms with Gasteiger partial charge in [0, 0.05) is 12.0 Å². The quantitative estimate of drug-likeness (QED) is 0.363. The first-order chi connectivity index (χ1) is 17.3. The van der Waals surface area contributed by atoms with Crippen molar-refractivity contribution in [1.82, 2.24) is 25.3 Å². The summed E-state index contributed by atoms with van der Waals surface area (Å²) in [4.78, 5) is 17.1. The van der Waals surface area contributed by atoms with Crippen molar-refractivity contribution in [3.63, 3.8) is 0 Å². The normalized spacial score (nSPS) is 18.2. The summed E-state index contributed by atoms with van der Waals surface area (Å²) in [7, 11) is 0. The van der Waals surface area contributed by atoms with E-state index in [0.29, 0.717) is 34.9 Å². The summed E-state index contributed by atoms with van der Waals surface area (Å²) in [5.74, 6) is 1.49. The van der Waals surface area contributed by atoms with Gasteiger partial charge in [-0.05, 0) is 67.3 Å². The van der Waals surface area contributed by atoms with Gasteiger partial charge in [0.2, 0.25) is 0 Å². The number of H-pyrrole nitrogens is 1. The molecule has 11 heteroatoms. The van der Waals surface area contributed by atoms with E-state index in [2.05, 4.69) is 47.3 Å². The topological polar surface area (TPSA) is 110 Å². The molecule has 0 unspecified atom stereocenters. The van der Waals surface area contributed by atoms with Crippen LogP contribution in [0.3, 0.4) is 0 Å². The summed E-state index contributed by atoms with van der Waals surface area (Å²) >= 11 is 0. The van der Waals surface area contributed by atoms with Crippen LogP contribution in [0.4, 0.5) is 24.7 Å². The SMILES string of the molecule is O=c1[nH]c(C[C@H]2CC[C@H](c3ccc(-c4ccc(Nc5ccc(C(F)(F)F)nc5)nn4)cc3)CC2)no1. The smallest absolute Gasteiger partial charge is 0.337 e. The van der Waals surface area contributed by atoms with Crippen LogP contribution in [-0.4, -0.2) is 25.3 Å². The largest absolute Gasteiger partial charge is 0.438 e. The highest BCUT2D eigenvalue weighted by atomic mass is 19.4. The van der Waals surface area contributed by atoms with Crippen LogP contribution in [0.2, 0.25) is 0 Å². The second-order valence-corrected chi connectivity index (χ2v) is 8.94. The Labute approximate surface area is 204 Å². The highest BCUT2D eigenvalue weighted by Crippen LogP contribution is 2.37. The predicted molar refractivity (Wildman–Crippen MR) is 126 cm³/mol. The third-order valence-electron chi connectivity index (χ3n) is 6.48. The van der Waals surface area contributed by atoms with E-state index in [-0.39, 0.29) is 0 Å². The van der Waals surface area contributed by atoms with Crippen molar-refractivity contribution in [1.29, 1.82) is 0 Å². The van der Waals surface area contributed by atoms with E-state index in [1.54, 1.807) is 12.1 Å². The summed E-state index contributed by atoms with van der Waals surface area (Å²) in [5.41, 5.74) is 2.35.